The van der Waals surface area contributed by atoms with Crippen LogP contribution in [-0.2, 0) is 13.5 Å². The van der Waals surface area contributed by atoms with E-state index < -0.39 is 0 Å². The smallest absolute Gasteiger partial charge is 0.163 e. The number of hydrogen-bond donors (Lipinski definition) is 0. The predicted molar refractivity (Wildman–Crippen MR) is 55.9 cm³/mol. The van der Waals surface area contributed by atoms with Crippen LogP contribution in [0.1, 0.15) is 27.9 Å². The van der Waals surface area contributed by atoms with Crippen molar-refractivity contribution in [2.75, 3.05) is 0 Å². The minimum absolute atomic E-state index is 0.237. The van der Waals surface area contributed by atoms with Crippen LogP contribution in [0, 0.1) is 6.92 Å². The summed E-state index contributed by atoms with van der Waals surface area (Å²) in [5.74, 6) is 0.237. The van der Waals surface area contributed by atoms with Gasteiger partial charge in [0.1, 0.15) is 5.52 Å². The SMILES string of the molecule is Cc1cc2c(c3nnn(C)c13)CCC2=O. The summed E-state index contributed by atoms with van der Waals surface area (Å²) in [5.41, 5.74) is 4.95. The van der Waals surface area contributed by atoms with Crippen LogP contribution < -0.4 is 0 Å². The van der Waals surface area contributed by atoms with E-state index in [1.807, 2.05) is 20.0 Å². The summed E-state index contributed by atoms with van der Waals surface area (Å²) in [6, 6.07) is 1.97. The van der Waals surface area contributed by atoms with Gasteiger partial charge in [0, 0.05) is 19.0 Å². The number of carbonyl (C=O) groups is 1. The van der Waals surface area contributed by atoms with Crippen molar-refractivity contribution in [1.29, 1.82) is 0 Å². The van der Waals surface area contributed by atoms with Gasteiger partial charge in [-0.3, -0.25) is 4.79 Å². The van der Waals surface area contributed by atoms with Gasteiger partial charge in [-0.05, 0) is 30.5 Å². The van der Waals surface area contributed by atoms with E-state index in [-0.39, 0.29) is 5.78 Å². The van der Waals surface area contributed by atoms with Crippen LogP contribution in [0.15, 0.2) is 6.07 Å². The van der Waals surface area contributed by atoms with Gasteiger partial charge in [-0.2, -0.15) is 0 Å². The van der Waals surface area contributed by atoms with Crippen molar-refractivity contribution in [1.82, 2.24) is 15.0 Å². The number of rotatable bonds is 0. The average molecular weight is 201 g/mol. The van der Waals surface area contributed by atoms with Crippen LogP contribution in [0.2, 0.25) is 0 Å². The highest BCUT2D eigenvalue weighted by molar-refractivity contribution is 6.05. The molecule has 0 atom stereocenters. The van der Waals surface area contributed by atoms with Gasteiger partial charge in [0.05, 0.1) is 5.52 Å². The van der Waals surface area contributed by atoms with Crippen molar-refractivity contribution < 1.29 is 4.79 Å². The Labute approximate surface area is 86.9 Å². The van der Waals surface area contributed by atoms with Crippen LogP contribution in [0.3, 0.4) is 0 Å². The van der Waals surface area contributed by atoms with Gasteiger partial charge in [0.25, 0.3) is 0 Å². The lowest BCUT2D eigenvalue weighted by Crippen LogP contribution is -1.96. The number of nitrogens with zero attached hydrogens (tertiary/aromatic N) is 3. The zero-order valence-corrected chi connectivity index (χ0v) is 8.74. The van der Waals surface area contributed by atoms with Crippen LogP contribution in [0.5, 0.6) is 0 Å². The van der Waals surface area contributed by atoms with Crippen LogP contribution in [-0.4, -0.2) is 20.8 Å². The molecule has 4 nitrogen and oxygen atoms in total. The minimum atomic E-state index is 0.237. The first-order chi connectivity index (χ1) is 7.18. The maximum absolute atomic E-state index is 11.6. The standard InChI is InChI=1S/C11H11N3O/c1-6-5-8-7(3-4-9(8)15)10-11(6)14(2)13-12-10/h5H,3-4H2,1-2H3. The first-order valence-electron chi connectivity index (χ1n) is 5.03. The minimum Gasteiger partial charge on any atom is -0.294 e. The van der Waals surface area contributed by atoms with Crippen molar-refractivity contribution in [3.8, 4) is 0 Å². The highest BCUT2D eigenvalue weighted by atomic mass is 16.1. The fourth-order valence-corrected chi connectivity index (χ4v) is 2.38. The first-order valence-corrected chi connectivity index (χ1v) is 5.03. The zero-order chi connectivity index (χ0) is 10.6. The molecule has 4 heteroatoms. The summed E-state index contributed by atoms with van der Waals surface area (Å²) < 4.78 is 1.77. The molecule has 1 aliphatic carbocycles. The van der Waals surface area contributed by atoms with Crippen molar-refractivity contribution in [3.63, 3.8) is 0 Å². The molecule has 2 aromatic rings. The van der Waals surface area contributed by atoms with Crippen LogP contribution in [0.25, 0.3) is 11.0 Å². The lowest BCUT2D eigenvalue weighted by Gasteiger charge is -2.02. The summed E-state index contributed by atoms with van der Waals surface area (Å²) in [6.45, 7) is 2.00. The quantitative estimate of drug-likeness (QED) is 0.647. The number of carbonyl (C=O) groups excluding carboxylic acids is 1. The summed E-state index contributed by atoms with van der Waals surface area (Å²) in [7, 11) is 1.88. The van der Waals surface area contributed by atoms with Crippen molar-refractivity contribution in [2.24, 2.45) is 7.05 Å². The molecule has 0 amide bonds. The second-order valence-electron chi connectivity index (χ2n) is 4.05. The van der Waals surface area contributed by atoms with Gasteiger partial charge in [-0.1, -0.05) is 5.21 Å². The maximum atomic E-state index is 11.6. The summed E-state index contributed by atoms with van der Waals surface area (Å²) >= 11 is 0. The largest absolute Gasteiger partial charge is 0.294 e. The Kier molecular flexibility index (Phi) is 1.52. The molecular weight excluding hydrogens is 190 g/mol. The van der Waals surface area contributed by atoms with Gasteiger partial charge >= 0.3 is 0 Å². The molecule has 0 fully saturated rings. The van der Waals surface area contributed by atoms with Crippen LogP contribution >= 0.6 is 0 Å². The first kappa shape index (κ1) is 8.59. The lowest BCUT2D eigenvalue weighted by atomic mass is 10.0. The van der Waals surface area contributed by atoms with E-state index in [4.69, 9.17) is 0 Å². The molecule has 0 unspecified atom stereocenters. The molecule has 1 aliphatic rings. The highest BCUT2D eigenvalue weighted by Gasteiger charge is 2.24. The number of aromatic nitrogens is 3. The predicted octanol–water partition coefficient (Wildman–Crippen LogP) is 1.41. The molecule has 1 heterocycles. The van der Waals surface area contributed by atoms with Gasteiger partial charge in [-0.15, -0.1) is 5.10 Å². The molecule has 0 saturated carbocycles. The fraction of sp³-hybridized carbons (Fsp3) is 0.364. The molecule has 3 rings (SSSR count). The van der Waals surface area contributed by atoms with Crippen molar-refractivity contribution in [2.45, 2.75) is 19.8 Å². The Hall–Kier alpha value is -1.71. The average Bonchev–Trinajstić information content (AvgIpc) is 2.73. The van der Waals surface area contributed by atoms with Gasteiger partial charge in [-0.25, -0.2) is 4.68 Å². The van der Waals surface area contributed by atoms with E-state index in [2.05, 4.69) is 10.3 Å². The molecule has 0 saturated heterocycles. The molecule has 0 N–H and O–H groups in total. The molecule has 0 aliphatic heterocycles. The van der Waals surface area contributed by atoms with E-state index in [1.54, 1.807) is 4.68 Å². The molecule has 0 spiro atoms. The van der Waals surface area contributed by atoms with Crippen molar-refractivity contribution in [3.05, 3.63) is 22.8 Å². The topological polar surface area (TPSA) is 47.8 Å². The lowest BCUT2D eigenvalue weighted by molar-refractivity contribution is 0.0994. The number of ketones is 1. The Balaban J connectivity index is 2.49. The van der Waals surface area contributed by atoms with Gasteiger partial charge in [0.2, 0.25) is 0 Å². The van der Waals surface area contributed by atoms with Gasteiger partial charge in [0.15, 0.2) is 5.78 Å². The summed E-state index contributed by atoms with van der Waals surface area (Å²) in [6.07, 6.45) is 1.42. The molecule has 1 aromatic carbocycles. The van der Waals surface area contributed by atoms with E-state index >= 15 is 0 Å². The number of fused-ring (bicyclic) bond motifs is 3. The molecule has 15 heavy (non-hydrogen) atoms. The third-order valence-corrected chi connectivity index (χ3v) is 3.07. The van der Waals surface area contributed by atoms with E-state index in [0.717, 1.165) is 34.1 Å². The summed E-state index contributed by atoms with van der Waals surface area (Å²) in [4.78, 5) is 11.6. The Morgan fingerprint density at radius 3 is 3.00 bits per heavy atom. The molecule has 0 radical (unpaired) electrons. The van der Waals surface area contributed by atoms with Gasteiger partial charge < -0.3 is 0 Å². The monoisotopic (exact) mass is 201 g/mol. The zero-order valence-electron chi connectivity index (χ0n) is 8.74. The number of benzene rings is 1. The number of Topliss-reactive ketones (excluding diaryl/α,β-unsaturated/α-hetero) is 1. The molecule has 1 aromatic heterocycles. The van der Waals surface area contributed by atoms with E-state index in [1.165, 1.54) is 0 Å². The normalized spacial score (nSPS) is 14.9. The van der Waals surface area contributed by atoms with Crippen molar-refractivity contribution >= 4 is 16.8 Å². The Morgan fingerprint density at radius 1 is 1.40 bits per heavy atom. The van der Waals surface area contributed by atoms with Crippen LogP contribution in [0.4, 0.5) is 0 Å². The Morgan fingerprint density at radius 2 is 2.20 bits per heavy atom. The van der Waals surface area contributed by atoms with E-state index in [9.17, 15) is 4.79 Å². The number of hydrogen-bond acceptors (Lipinski definition) is 3. The fourth-order valence-electron chi connectivity index (χ4n) is 2.38. The third-order valence-electron chi connectivity index (χ3n) is 3.07. The highest BCUT2D eigenvalue weighted by Crippen LogP contribution is 2.30. The third kappa shape index (κ3) is 0.988. The molecular formula is C11H11N3O. The molecule has 76 valence electrons. The Bertz CT molecular complexity index is 583. The second-order valence-corrected chi connectivity index (χ2v) is 4.05. The summed E-state index contributed by atoms with van der Waals surface area (Å²) in [5, 5.41) is 8.16. The molecule has 0 bridgehead atoms. The second kappa shape index (κ2) is 2.66. The maximum Gasteiger partial charge on any atom is 0.163 e. The van der Waals surface area contributed by atoms with E-state index in [0.29, 0.717) is 6.42 Å². The number of aryl methyl sites for hydroxylation is 3.